The number of aromatic nitrogens is 4. The van der Waals surface area contributed by atoms with Crippen molar-refractivity contribution < 1.29 is 24.2 Å². The van der Waals surface area contributed by atoms with Crippen molar-refractivity contribution in [2.24, 2.45) is 5.73 Å². The van der Waals surface area contributed by atoms with Gasteiger partial charge in [-0.25, -0.2) is 14.8 Å². The molecule has 6 heterocycles. The van der Waals surface area contributed by atoms with E-state index in [0.29, 0.717) is 11.3 Å². The van der Waals surface area contributed by atoms with Crippen LogP contribution in [0.1, 0.15) is 69.2 Å². The van der Waals surface area contributed by atoms with Gasteiger partial charge in [0, 0.05) is 68.4 Å². The van der Waals surface area contributed by atoms with Crippen molar-refractivity contribution in [2.45, 2.75) is 39.8 Å². The number of rotatable bonds is 7. The molecule has 0 unspecified atom stereocenters. The van der Waals surface area contributed by atoms with E-state index in [1.165, 1.54) is 23.1 Å². The summed E-state index contributed by atoms with van der Waals surface area (Å²) in [5.41, 5.74) is 14.5. The molecule has 14 heteroatoms. The van der Waals surface area contributed by atoms with E-state index in [2.05, 4.69) is 73.6 Å². The van der Waals surface area contributed by atoms with E-state index < -0.39 is 5.97 Å². The fourth-order valence-electron chi connectivity index (χ4n) is 6.48. The van der Waals surface area contributed by atoms with Crippen molar-refractivity contribution in [1.82, 2.24) is 24.1 Å². The van der Waals surface area contributed by atoms with Gasteiger partial charge in [-0.3, -0.25) is 4.79 Å². The van der Waals surface area contributed by atoms with Gasteiger partial charge in [-0.1, -0.05) is 36.4 Å². The van der Waals surface area contributed by atoms with Crippen LogP contribution in [0, 0.1) is 13.8 Å². The molecule has 2 aliphatic heterocycles. The number of aromatic carboxylic acids is 1. The Kier molecular flexibility index (Phi) is 14.4. The summed E-state index contributed by atoms with van der Waals surface area (Å²) in [6, 6.07) is 24.6. The van der Waals surface area contributed by atoms with Gasteiger partial charge in [-0.05, 0) is 86.3 Å². The van der Waals surface area contributed by atoms with Gasteiger partial charge in [0.05, 0.1) is 32.5 Å². The lowest BCUT2D eigenvalue weighted by Gasteiger charge is -2.29. The Bertz CT molecular complexity index is 2190. The van der Waals surface area contributed by atoms with E-state index in [9.17, 15) is 9.59 Å². The highest BCUT2D eigenvalue weighted by atomic mass is 35.5. The van der Waals surface area contributed by atoms with E-state index in [1.807, 2.05) is 62.6 Å². The maximum atomic E-state index is 12.6. The quantitative estimate of drug-likeness (QED) is 0.169. The molecule has 1 amide bonds. The highest BCUT2D eigenvalue weighted by Crippen LogP contribution is 2.22. The van der Waals surface area contributed by atoms with Gasteiger partial charge in [-0.15, -0.1) is 12.4 Å². The van der Waals surface area contributed by atoms with Crippen LogP contribution in [0.5, 0.6) is 0 Å². The van der Waals surface area contributed by atoms with Crippen LogP contribution >= 0.6 is 12.4 Å². The van der Waals surface area contributed by atoms with Crippen molar-refractivity contribution in [3.8, 4) is 0 Å². The number of anilines is 2. The summed E-state index contributed by atoms with van der Waals surface area (Å²) >= 11 is 0. The van der Waals surface area contributed by atoms with Crippen LogP contribution in [0.3, 0.4) is 0 Å². The zero-order valence-corrected chi connectivity index (χ0v) is 33.1. The van der Waals surface area contributed by atoms with E-state index in [0.717, 1.165) is 74.9 Å². The second-order valence-corrected chi connectivity index (χ2v) is 13.8. The van der Waals surface area contributed by atoms with Crippen LogP contribution in [0.25, 0.3) is 11.3 Å². The van der Waals surface area contributed by atoms with Crippen LogP contribution < -0.4 is 20.9 Å². The van der Waals surface area contributed by atoms with Crippen molar-refractivity contribution in [2.75, 3.05) is 62.4 Å². The number of aryl methyl sites for hydroxylation is 2. The molecule has 0 aliphatic carbocycles. The number of morpholine rings is 2. The van der Waals surface area contributed by atoms with Gasteiger partial charge in [0.15, 0.2) is 5.69 Å². The number of pyridine rings is 2. The number of halogens is 1. The Hall–Kier alpha value is -5.47. The highest BCUT2D eigenvalue weighted by molar-refractivity contribution is 5.93. The molecule has 2 aliphatic rings. The predicted molar refractivity (Wildman–Crippen MR) is 221 cm³/mol. The SMILES string of the molecule is C[C@@H](N)c1ccc(N2CCOCC2)cc1.Cc1cccn2cc(C(=O)N[C@H](C)c3ccc(N4CCOCC4)cc3)nc12.Cc1cccn2cc(C(=O)O)nc12.Cl. The molecular weight excluding hydrogens is 732 g/mol. The standard InChI is InChI=1S/C21H24N4O2.C12H18N2O.C9H8N2O2.ClH/c1-15-4-3-9-25-14-19(23-20(15)25)21(26)22-16(2)17-5-7-18(8-6-17)24-10-12-27-13-11-24;1-10(13)11-2-4-12(5-3-11)14-6-8-15-9-7-14;1-6-3-2-4-11-5-7(9(12)13)10-8(6)11;/h3-9,14,16H,10-13H2,1-2H3,(H,22,26);2-5,10H,6-9,13H2,1H3;2-5H,1H3,(H,12,13);1H/t16-;10-;;/m11../s1. The first-order valence-electron chi connectivity index (χ1n) is 18.6. The first-order chi connectivity index (χ1) is 26.6. The molecule has 0 spiro atoms. The molecule has 56 heavy (non-hydrogen) atoms. The van der Waals surface area contributed by atoms with Crippen LogP contribution in [-0.4, -0.2) is 88.4 Å². The van der Waals surface area contributed by atoms with Gasteiger partial charge < -0.3 is 44.2 Å². The fraction of sp³-hybridized carbons (Fsp3) is 0.333. The Balaban J connectivity index is 0.000000175. The lowest BCUT2D eigenvalue weighted by atomic mass is 10.1. The molecule has 13 nitrogen and oxygen atoms in total. The molecule has 0 radical (unpaired) electrons. The number of nitrogens with two attached hydrogens (primary N) is 1. The minimum atomic E-state index is -0.997. The number of fused-ring (bicyclic) bond motifs is 2. The maximum Gasteiger partial charge on any atom is 0.356 e. The second kappa shape index (κ2) is 19.4. The molecule has 2 atom stereocenters. The van der Waals surface area contributed by atoms with Gasteiger partial charge >= 0.3 is 5.97 Å². The Morgan fingerprint density at radius 2 is 1.12 bits per heavy atom. The molecule has 2 saturated heterocycles. The Labute approximate surface area is 333 Å². The molecule has 4 N–H and O–H groups in total. The van der Waals surface area contributed by atoms with Crippen LogP contribution in [0.15, 0.2) is 97.6 Å². The largest absolute Gasteiger partial charge is 0.476 e. The number of carboxylic acid groups (broad SMARTS) is 1. The molecule has 4 aromatic heterocycles. The van der Waals surface area contributed by atoms with Gasteiger partial charge in [-0.2, -0.15) is 0 Å². The zero-order chi connectivity index (χ0) is 38.9. The summed E-state index contributed by atoms with van der Waals surface area (Å²) in [4.78, 5) is 36.3. The maximum absolute atomic E-state index is 12.6. The molecule has 296 valence electrons. The summed E-state index contributed by atoms with van der Waals surface area (Å²) in [5, 5.41) is 11.7. The van der Waals surface area contributed by atoms with Crippen molar-refractivity contribution in [3.05, 3.63) is 131 Å². The average molecular weight is 783 g/mol. The number of ether oxygens (including phenoxy) is 2. The Morgan fingerprint density at radius 3 is 1.55 bits per heavy atom. The normalized spacial score (nSPS) is 15.1. The van der Waals surface area contributed by atoms with E-state index in [4.69, 9.17) is 20.3 Å². The first-order valence-corrected chi connectivity index (χ1v) is 18.6. The number of nitrogens with one attached hydrogen (secondary N) is 1. The fourth-order valence-corrected chi connectivity index (χ4v) is 6.48. The smallest absolute Gasteiger partial charge is 0.356 e. The van der Waals surface area contributed by atoms with Crippen LogP contribution in [0.2, 0.25) is 0 Å². The number of carboxylic acids is 1. The van der Waals surface area contributed by atoms with Crippen molar-refractivity contribution in [1.29, 1.82) is 0 Å². The summed E-state index contributed by atoms with van der Waals surface area (Å²) in [6.07, 6.45) is 6.96. The van der Waals surface area contributed by atoms with Crippen LogP contribution in [0.4, 0.5) is 11.4 Å². The monoisotopic (exact) mass is 782 g/mol. The number of imidazole rings is 2. The van der Waals surface area contributed by atoms with Crippen molar-refractivity contribution in [3.63, 3.8) is 0 Å². The minimum absolute atomic E-state index is 0. The number of amides is 1. The number of hydrogen-bond acceptors (Lipinski definition) is 9. The Morgan fingerprint density at radius 1 is 0.696 bits per heavy atom. The molecule has 0 bridgehead atoms. The van der Waals surface area contributed by atoms with E-state index in [-0.39, 0.29) is 36.1 Å². The van der Waals surface area contributed by atoms with Crippen LogP contribution in [-0.2, 0) is 9.47 Å². The molecular formula is C42H51ClN8O5. The molecule has 6 aromatic rings. The molecule has 2 aromatic carbocycles. The third-order valence-electron chi connectivity index (χ3n) is 9.72. The lowest BCUT2D eigenvalue weighted by molar-refractivity contribution is 0.0691. The lowest BCUT2D eigenvalue weighted by Crippen LogP contribution is -2.36. The highest BCUT2D eigenvalue weighted by Gasteiger charge is 2.17. The van der Waals surface area contributed by atoms with Crippen molar-refractivity contribution >= 4 is 47.0 Å². The molecule has 8 rings (SSSR count). The third kappa shape index (κ3) is 10.4. The first kappa shape index (κ1) is 41.7. The molecule has 0 saturated carbocycles. The number of nitrogens with zero attached hydrogens (tertiary/aromatic N) is 6. The van der Waals surface area contributed by atoms with E-state index >= 15 is 0 Å². The average Bonchev–Trinajstić information content (AvgIpc) is 3.87. The number of carbonyl (C=O) groups is 2. The van der Waals surface area contributed by atoms with Gasteiger partial charge in [0.1, 0.15) is 17.0 Å². The van der Waals surface area contributed by atoms with Gasteiger partial charge in [0.2, 0.25) is 0 Å². The summed E-state index contributed by atoms with van der Waals surface area (Å²) in [6.45, 7) is 14.9. The zero-order valence-electron chi connectivity index (χ0n) is 32.3. The topological polar surface area (TPSA) is 152 Å². The third-order valence-corrected chi connectivity index (χ3v) is 9.72. The summed E-state index contributed by atoms with van der Waals surface area (Å²) in [7, 11) is 0. The van der Waals surface area contributed by atoms with Gasteiger partial charge in [0.25, 0.3) is 5.91 Å². The number of carbonyl (C=O) groups excluding carboxylic acids is 1. The minimum Gasteiger partial charge on any atom is -0.476 e. The molecule has 2 fully saturated rings. The second-order valence-electron chi connectivity index (χ2n) is 13.8. The van der Waals surface area contributed by atoms with E-state index in [1.54, 1.807) is 16.8 Å². The number of hydrogen-bond donors (Lipinski definition) is 3. The number of benzene rings is 2. The predicted octanol–water partition coefficient (Wildman–Crippen LogP) is 6.28. The summed E-state index contributed by atoms with van der Waals surface area (Å²) in [5.74, 6) is -1.16. The summed E-state index contributed by atoms with van der Waals surface area (Å²) < 4.78 is 14.3.